The molecule has 0 aliphatic carbocycles. The van der Waals surface area contributed by atoms with Crippen LogP contribution in [-0.4, -0.2) is 72.1 Å². The van der Waals surface area contributed by atoms with E-state index in [4.69, 9.17) is 16.1 Å². The molecule has 0 radical (unpaired) electrons. The molecule has 4 N–H and O–H groups in total. The first kappa shape index (κ1) is 16.9. The van der Waals surface area contributed by atoms with Gasteiger partial charge in [-0.2, -0.15) is 5.26 Å². The van der Waals surface area contributed by atoms with Crippen molar-refractivity contribution in [2.24, 2.45) is 5.73 Å². The first-order chi connectivity index (χ1) is 9.97. The number of amides is 1. The van der Waals surface area contributed by atoms with Crippen molar-refractivity contribution in [2.45, 2.75) is 13.0 Å². The Morgan fingerprint density at radius 3 is 2.52 bits per heavy atom. The molecule has 1 amide bonds. The monoisotopic (exact) mass is 295 g/mol. The Bertz CT molecular complexity index is 449. The Labute approximate surface area is 123 Å². The largest absolute Gasteiger partial charge is 0.480 e. The summed E-state index contributed by atoms with van der Waals surface area (Å²) in [6.07, 6.45) is 1.49. The molecule has 116 valence electrons. The number of nitrogens with one attached hydrogen (secondary N) is 1. The van der Waals surface area contributed by atoms with Gasteiger partial charge in [0.25, 0.3) is 5.91 Å². The van der Waals surface area contributed by atoms with Crippen LogP contribution >= 0.6 is 0 Å². The van der Waals surface area contributed by atoms with Crippen LogP contribution in [-0.2, 0) is 9.59 Å². The van der Waals surface area contributed by atoms with Gasteiger partial charge in [-0.05, 0) is 6.92 Å². The third-order valence-electron chi connectivity index (χ3n) is 3.25. The van der Waals surface area contributed by atoms with Crippen molar-refractivity contribution in [1.82, 2.24) is 15.1 Å². The number of carbonyl (C=O) groups excluding carboxylic acids is 1. The summed E-state index contributed by atoms with van der Waals surface area (Å²) in [6.45, 7) is 5.83. The van der Waals surface area contributed by atoms with E-state index in [1.165, 1.54) is 13.1 Å². The molecule has 1 fully saturated rings. The highest BCUT2D eigenvalue weighted by atomic mass is 16.4. The van der Waals surface area contributed by atoms with Gasteiger partial charge in [-0.1, -0.05) is 0 Å². The summed E-state index contributed by atoms with van der Waals surface area (Å²) in [5.74, 6) is -1.81. The summed E-state index contributed by atoms with van der Waals surface area (Å²) in [4.78, 5) is 26.6. The van der Waals surface area contributed by atoms with Crippen LogP contribution in [0.2, 0.25) is 0 Å². The minimum absolute atomic E-state index is 0.0876. The lowest BCUT2D eigenvalue weighted by Crippen LogP contribution is -2.46. The lowest BCUT2D eigenvalue weighted by molar-refractivity contribution is -0.140. The minimum Gasteiger partial charge on any atom is -0.480 e. The molecule has 1 unspecified atom stereocenters. The van der Waals surface area contributed by atoms with Crippen molar-refractivity contribution < 1.29 is 14.7 Å². The van der Waals surface area contributed by atoms with Crippen molar-refractivity contribution >= 4 is 11.9 Å². The van der Waals surface area contributed by atoms with Crippen LogP contribution in [0.25, 0.3) is 0 Å². The molecule has 21 heavy (non-hydrogen) atoms. The van der Waals surface area contributed by atoms with Gasteiger partial charge in [-0.15, -0.1) is 0 Å². The lowest BCUT2D eigenvalue weighted by atomic mass is 10.2. The Hall–Kier alpha value is -2.11. The third kappa shape index (κ3) is 5.41. The fourth-order valence-electron chi connectivity index (χ4n) is 1.96. The number of hydrogen-bond donors (Lipinski definition) is 3. The first-order valence-electron chi connectivity index (χ1n) is 6.80. The number of piperazine rings is 1. The van der Waals surface area contributed by atoms with Crippen LogP contribution in [0.15, 0.2) is 11.8 Å². The second-order valence-corrected chi connectivity index (χ2v) is 4.85. The second-order valence-electron chi connectivity index (χ2n) is 4.85. The third-order valence-corrected chi connectivity index (χ3v) is 3.25. The maximum Gasteiger partial charge on any atom is 0.325 e. The number of nitrogens with two attached hydrogens (primary N) is 1. The van der Waals surface area contributed by atoms with Crippen molar-refractivity contribution in [3.63, 3.8) is 0 Å². The minimum atomic E-state index is -1.14. The van der Waals surface area contributed by atoms with E-state index >= 15 is 0 Å². The zero-order chi connectivity index (χ0) is 15.8. The van der Waals surface area contributed by atoms with Crippen LogP contribution < -0.4 is 11.1 Å². The highest BCUT2D eigenvalue weighted by molar-refractivity contribution is 5.99. The van der Waals surface area contributed by atoms with Gasteiger partial charge in [0, 0.05) is 45.5 Å². The van der Waals surface area contributed by atoms with E-state index in [9.17, 15) is 9.59 Å². The van der Waals surface area contributed by atoms with E-state index in [2.05, 4.69) is 10.2 Å². The average molecular weight is 295 g/mol. The summed E-state index contributed by atoms with van der Waals surface area (Å²) >= 11 is 0. The van der Waals surface area contributed by atoms with E-state index < -0.39 is 17.9 Å². The van der Waals surface area contributed by atoms with Gasteiger partial charge in [0.05, 0.1) is 0 Å². The van der Waals surface area contributed by atoms with Gasteiger partial charge < -0.3 is 21.1 Å². The van der Waals surface area contributed by atoms with Crippen LogP contribution in [0.1, 0.15) is 6.92 Å². The van der Waals surface area contributed by atoms with Crippen LogP contribution in [0, 0.1) is 11.3 Å². The number of aliphatic carboxylic acids is 1. The molecule has 1 saturated heterocycles. The number of carboxylic acids is 1. The predicted molar refractivity (Wildman–Crippen MR) is 76.0 cm³/mol. The molecule has 0 saturated carbocycles. The molecule has 0 spiro atoms. The molecule has 0 bridgehead atoms. The highest BCUT2D eigenvalue weighted by Gasteiger charge is 2.19. The number of nitriles is 1. The van der Waals surface area contributed by atoms with Crippen molar-refractivity contribution in [3.8, 4) is 6.07 Å². The molecule has 0 aromatic carbocycles. The molecule has 0 aromatic heterocycles. The van der Waals surface area contributed by atoms with Gasteiger partial charge in [-0.3, -0.25) is 14.5 Å². The van der Waals surface area contributed by atoms with Crippen LogP contribution in [0.5, 0.6) is 0 Å². The van der Waals surface area contributed by atoms with E-state index in [1.807, 2.05) is 11.0 Å². The SMILES string of the molecule is CC(NC(=O)/C(C#N)=C\N1CCN(CCN)CC1)C(=O)O. The fourth-order valence-corrected chi connectivity index (χ4v) is 1.96. The number of carboxylic acid groups (broad SMARTS) is 1. The molecular weight excluding hydrogens is 274 g/mol. The molecule has 0 aromatic rings. The number of carbonyl (C=O) groups is 2. The van der Waals surface area contributed by atoms with Gasteiger partial charge in [0.15, 0.2) is 0 Å². The lowest BCUT2D eigenvalue weighted by Gasteiger charge is -2.33. The zero-order valence-corrected chi connectivity index (χ0v) is 12.1. The number of rotatable bonds is 6. The molecule has 8 heteroatoms. The van der Waals surface area contributed by atoms with Crippen molar-refractivity contribution in [1.29, 1.82) is 5.26 Å². The standard InChI is InChI=1S/C13H21N5O3/c1-10(13(20)21)16-12(19)11(8-15)9-18-6-4-17(3-2-14)5-7-18/h9-10H,2-7,14H2,1H3,(H,16,19)(H,20,21)/b11-9-. The number of hydrogen-bond acceptors (Lipinski definition) is 6. The van der Waals surface area contributed by atoms with Crippen molar-refractivity contribution in [2.75, 3.05) is 39.3 Å². The van der Waals surface area contributed by atoms with Gasteiger partial charge in [-0.25, -0.2) is 0 Å². The highest BCUT2D eigenvalue weighted by Crippen LogP contribution is 2.05. The normalized spacial score (nSPS) is 18.0. The first-order valence-corrected chi connectivity index (χ1v) is 6.80. The van der Waals surface area contributed by atoms with Gasteiger partial charge in [0.1, 0.15) is 17.7 Å². The Morgan fingerprint density at radius 1 is 1.43 bits per heavy atom. The van der Waals surface area contributed by atoms with E-state index in [0.29, 0.717) is 19.6 Å². The summed E-state index contributed by atoms with van der Waals surface area (Å²) < 4.78 is 0. The Balaban J connectivity index is 2.58. The molecule has 1 heterocycles. The van der Waals surface area contributed by atoms with Gasteiger partial charge in [0.2, 0.25) is 0 Å². The molecule has 1 atom stereocenters. The topological polar surface area (TPSA) is 123 Å². The second kappa shape index (κ2) is 8.24. The molecule has 1 aliphatic heterocycles. The van der Waals surface area contributed by atoms with E-state index in [-0.39, 0.29) is 5.57 Å². The fraction of sp³-hybridized carbons (Fsp3) is 0.615. The summed E-state index contributed by atoms with van der Waals surface area (Å²) in [7, 11) is 0. The van der Waals surface area contributed by atoms with E-state index in [1.54, 1.807) is 0 Å². The molecule has 1 rings (SSSR count). The summed E-state index contributed by atoms with van der Waals surface area (Å²) in [5, 5.41) is 20.0. The Morgan fingerprint density at radius 2 is 2.05 bits per heavy atom. The van der Waals surface area contributed by atoms with Crippen LogP contribution in [0.3, 0.4) is 0 Å². The van der Waals surface area contributed by atoms with Crippen LogP contribution in [0.4, 0.5) is 0 Å². The quantitative estimate of drug-likeness (QED) is 0.405. The van der Waals surface area contributed by atoms with E-state index in [0.717, 1.165) is 19.6 Å². The predicted octanol–water partition coefficient (Wildman–Crippen LogP) is -1.44. The molecular formula is C13H21N5O3. The maximum atomic E-state index is 11.8. The summed E-state index contributed by atoms with van der Waals surface area (Å²) in [5.41, 5.74) is 5.41. The molecule has 8 nitrogen and oxygen atoms in total. The Kier molecular flexibility index (Phi) is 6.65. The number of nitrogens with zero attached hydrogens (tertiary/aromatic N) is 3. The molecule has 1 aliphatic rings. The summed E-state index contributed by atoms with van der Waals surface area (Å²) in [6, 6.07) is 0.779. The van der Waals surface area contributed by atoms with Crippen molar-refractivity contribution in [3.05, 3.63) is 11.8 Å². The average Bonchev–Trinajstić information content (AvgIpc) is 2.46. The zero-order valence-electron chi connectivity index (χ0n) is 12.1. The smallest absolute Gasteiger partial charge is 0.325 e. The van der Waals surface area contributed by atoms with Gasteiger partial charge >= 0.3 is 5.97 Å². The maximum absolute atomic E-state index is 11.8.